The van der Waals surface area contributed by atoms with E-state index in [2.05, 4.69) is 23.8 Å². The Morgan fingerprint density at radius 1 is 1.04 bits per heavy atom. The quantitative estimate of drug-likeness (QED) is 0.496. The molecule has 134 valence electrons. The first kappa shape index (κ1) is 18.3. The molecule has 4 nitrogen and oxygen atoms in total. The molecule has 2 N–H and O–H groups in total. The number of thioether (sulfide) groups is 1. The molecule has 0 aliphatic rings. The Labute approximate surface area is 157 Å². The third-order valence-corrected chi connectivity index (χ3v) is 5.51. The SMILES string of the molecule is CC[C@@H](C)Sc1nc(O)c(C(c2ccccc2)c2ccccc2)c(=O)[nH]1. The molecular weight excluding hydrogens is 344 g/mol. The van der Waals surface area contributed by atoms with Crippen molar-refractivity contribution in [1.82, 2.24) is 9.97 Å². The van der Waals surface area contributed by atoms with Gasteiger partial charge < -0.3 is 10.1 Å². The molecule has 0 spiro atoms. The maximum atomic E-state index is 12.8. The molecule has 1 atom stereocenters. The topological polar surface area (TPSA) is 66.0 Å². The van der Waals surface area contributed by atoms with Gasteiger partial charge in [-0.2, -0.15) is 4.98 Å². The Kier molecular flexibility index (Phi) is 5.78. The molecule has 0 radical (unpaired) electrons. The third kappa shape index (κ3) is 3.99. The van der Waals surface area contributed by atoms with Crippen molar-refractivity contribution in [2.75, 3.05) is 0 Å². The highest BCUT2D eigenvalue weighted by atomic mass is 32.2. The van der Waals surface area contributed by atoms with Gasteiger partial charge in [0.05, 0.1) is 5.56 Å². The smallest absolute Gasteiger partial charge is 0.259 e. The summed E-state index contributed by atoms with van der Waals surface area (Å²) in [6, 6.07) is 19.4. The van der Waals surface area contributed by atoms with Crippen LogP contribution in [0.3, 0.4) is 0 Å². The number of benzene rings is 2. The highest BCUT2D eigenvalue weighted by Gasteiger charge is 2.25. The van der Waals surface area contributed by atoms with Gasteiger partial charge in [-0.05, 0) is 17.5 Å². The minimum Gasteiger partial charge on any atom is -0.493 e. The van der Waals surface area contributed by atoms with E-state index in [1.54, 1.807) is 0 Å². The number of aromatic amines is 1. The van der Waals surface area contributed by atoms with Crippen LogP contribution in [0.1, 0.15) is 42.9 Å². The fourth-order valence-corrected chi connectivity index (χ4v) is 3.70. The van der Waals surface area contributed by atoms with Gasteiger partial charge in [-0.15, -0.1) is 0 Å². The monoisotopic (exact) mass is 366 g/mol. The van der Waals surface area contributed by atoms with E-state index < -0.39 is 0 Å². The average Bonchev–Trinajstić information content (AvgIpc) is 2.66. The summed E-state index contributed by atoms with van der Waals surface area (Å²) in [6.07, 6.45) is 0.952. The molecule has 3 aromatic rings. The summed E-state index contributed by atoms with van der Waals surface area (Å²) in [6.45, 7) is 4.14. The lowest BCUT2D eigenvalue weighted by atomic mass is 9.86. The Morgan fingerprint density at radius 2 is 1.58 bits per heavy atom. The summed E-state index contributed by atoms with van der Waals surface area (Å²) in [5, 5.41) is 11.4. The first-order valence-electron chi connectivity index (χ1n) is 8.69. The standard InChI is InChI=1S/C21H22N2O2S/c1-3-14(2)26-21-22-19(24)18(20(25)23-21)17(15-10-6-4-7-11-15)16-12-8-5-9-13-16/h4-14,17H,3H2,1-2H3,(H2,22,23,24,25)/t14-/m1/s1. The molecule has 0 saturated heterocycles. The third-order valence-electron chi connectivity index (χ3n) is 4.36. The normalized spacial score (nSPS) is 12.3. The number of hydrogen-bond donors (Lipinski definition) is 2. The summed E-state index contributed by atoms with van der Waals surface area (Å²) in [5.41, 5.74) is 1.84. The van der Waals surface area contributed by atoms with Crippen LogP contribution < -0.4 is 5.56 Å². The number of aromatic hydroxyl groups is 1. The van der Waals surface area contributed by atoms with E-state index in [4.69, 9.17) is 0 Å². The lowest BCUT2D eigenvalue weighted by Gasteiger charge is -2.19. The van der Waals surface area contributed by atoms with Gasteiger partial charge in [-0.25, -0.2) is 0 Å². The molecule has 5 heteroatoms. The van der Waals surface area contributed by atoms with E-state index >= 15 is 0 Å². The summed E-state index contributed by atoms with van der Waals surface area (Å²) >= 11 is 1.46. The van der Waals surface area contributed by atoms with Crippen molar-refractivity contribution in [1.29, 1.82) is 0 Å². The number of nitrogens with zero attached hydrogens (tertiary/aromatic N) is 1. The molecule has 0 aliphatic carbocycles. The largest absolute Gasteiger partial charge is 0.493 e. The van der Waals surface area contributed by atoms with E-state index in [1.807, 2.05) is 60.7 Å². The zero-order chi connectivity index (χ0) is 18.5. The predicted molar refractivity (Wildman–Crippen MR) is 106 cm³/mol. The number of aromatic nitrogens is 2. The molecule has 0 bridgehead atoms. The fourth-order valence-electron chi connectivity index (χ4n) is 2.86. The maximum Gasteiger partial charge on any atom is 0.259 e. The minimum absolute atomic E-state index is 0.211. The van der Waals surface area contributed by atoms with Gasteiger partial charge >= 0.3 is 0 Å². The second-order valence-corrected chi connectivity index (χ2v) is 7.63. The van der Waals surface area contributed by atoms with Crippen LogP contribution in [0.25, 0.3) is 0 Å². The van der Waals surface area contributed by atoms with Gasteiger partial charge in [0, 0.05) is 11.2 Å². The van der Waals surface area contributed by atoms with Crippen molar-refractivity contribution in [3.8, 4) is 5.88 Å². The molecule has 0 amide bonds. The van der Waals surface area contributed by atoms with Crippen LogP contribution in [0.15, 0.2) is 70.6 Å². The molecule has 0 fully saturated rings. The summed E-state index contributed by atoms with van der Waals surface area (Å²) in [4.78, 5) is 19.9. The molecule has 0 saturated carbocycles. The number of H-pyrrole nitrogens is 1. The van der Waals surface area contributed by atoms with E-state index in [9.17, 15) is 9.90 Å². The molecule has 1 heterocycles. The van der Waals surface area contributed by atoms with Crippen molar-refractivity contribution < 1.29 is 5.11 Å². The van der Waals surface area contributed by atoms with Crippen molar-refractivity contribution in [3.05, 3.63) is 87.7 Å². The number of nitrogens with one attached hydrogen (secondary N) is 1. The zero-order valence-corrected chi connectivity index (χ0v) is 15.7. The van der Waals surface area contributed by atoms with Crippen LogP contribution in [-0.2, 0) is 0 Å². The van der Waals surface area contributed by atoms with Gasteiger partial charge in [-0.3, -0.25) is 4.79 Å². The van der Waals surface area contributed by atoms with Crippen LogP contribution in [-0.4, -0.2) is 20.3 Å². The number of rotatable bonds is 6. The summed E-state index contributed by atoms with van der Waals surface area (Å²) < 4.78 is 0. The van der Waals surface area contributed by atoms with Crippen molar-refractivity contribution in [3.63, 3.8) is 0 Å². The molecule has 0 unspecified atom stereocenters. The summed E-state index contributed by atoms with van der Waals surface area (Å²) in [5.74, 6) is -0.589. The zero-order valence-electron chi connectivity index (χ0n) is 14.8. The number of hydrogen-bond acceptors (Lipinski definition) is 4. The highest BCUT2D eigenvalue weighted by Crippen LogP contribution is 2.34. The summed E-state index contributed by atoms with van der Waals surface area (Å²) in [7, 11) is 0. The van der Waals surface area contributed by atoms with Crippen molar-refractivity contribution >= 4 is 11.8 Å². The minimum atomic E-state index is -0.378. The molecular formula is C21H22N2O2S. The van der Waals surface area contributed by atoms with E-state index in [1.165, 1.54) is 11.8 Å². The van der Waals surface area contributed by atoms with Gasteiger partial charge in [0.25, 0.3) is 5.56 Å². The first-order chi connectivity index (χ1) is 12.6. The first-order valence-corrected chi connectivity index (χ1v) is 9.57. The van der Waals surface area contributed by atoms with Crippen molar-refractivity contribution in [2.45, 2.75) is 36.6 Å². The van der Waals surface area contributed by atoms with Crippen LogP contribution in [0.5, 0.6) is 5.88 Å². The van der Waals surface area contributed by atoms with E-state index in [0.29, 0.717) is 10.4 Å². The molecule has 0 aliphatic heterocycles. The molecule has 26 heavy (non-hydrogen) atoms. The van der Waals surface area contributed by atoms with Crippen molar-refractivity contribution in [2.24, 2.45) is 0 Å². The van der Waals surface area contributed by atoms with Crippen LogP contribution in [0.4, 0.5) is 0 Å². The lowest BCUT2D eigenvalue weighted by molar-refractivity contribution is 0.434. The van der Waals surface area contributed by atoms with Crippen LogP contribution in [0, 0.1) is 0 Å². The van der Waals surface area contributed by atoms with Gasteiger partial charge in [0.15, 0.2) is 5.16 Å². The lowest BCUT2D eigenvalue weighted by Crippen LogP contribution is -2.20. The molecule has 3 rings (SSSR count). The van der Waals surface area contributed by atoms with Gasteiger partial charge in [0.2, 0.25) is 5.88 Å². The van der Waals surface area contributed by atoms with Gasteiger partial charge in [0.1, 0.15) is 0 Å². The predicted octanol–water partition coefficient (Wildman–Crippen LogP) is 4.55. The van der Waals surface area contributed by atoms with Gasteiger partial charge in [-0.1, -0.05) is 86.3 Å². The average molecular weight is 366 g/mol. The fraction of sp³-hybridized carbons (Fsp3) is 0.238. The Hall–Kier alpha value is -2.53. The van der Waals surface area contributed by atoms with E-state index in [0.717, 1.165) is 17.5 Å². The van der Waals surface area contributed by atoms with Crippen LogP contribution in [0.2, 0.25) is 0 Å². The Bertz CT molecular complexity index is 871. The Morgan fingerprint density at radius 3 is 2.04 bits per heavy atom. The second kappa shape index (κ2) is 8.23. The van der Waals surface area contributed by atoms with Crippen LogP contribution >= 0.6 is 11.8 Å². The Balaban J connectivity index is 2.12. The van der Waals surface area contributed by atoms with E-state index in [-0.39, 0.29) is 22.9 Å². The maximum absolute atomic E-state index is 12.8. The molecule has 2 aromatic carbocycles. The second-order valence-electron chi connectivity index (χ2n) is 6.20. The molecule has 1 aromatic heterocycles. The highest BCUT2D eigenvalue weighted by molar-refractivity contribution is 7.99.